The van der Waals surface area contributed by atoms with Crippen LogP contribution in [0.25, 0.3) is 28.3 Å². The molecule has 4 aromatic carbocycles. The number of fused-ring (bicyclic) bond motifs is 1. The molecule has 1 aliphatic carbocycles. The zero-order chi connectivity index (χ0) is 18.9. The predicted octanol–water partition coefficient (Wildman–Crippen LogP) is 7.49. The van der Waals surface area contributed by atoms with Crippen molar-refractivity contribution in [3.63, 3.8) is 0 Å². The van der Waals surface area contributed by atoms with Crippen LogP contribution in [0.1, 0.15) is 28.2 Å². The van der Waals surface area contributed by atoms with Crippen LogP contribution >= 0.6 is 0 Å². The molecule has 1 aliphatic rings. The van der Waals surface area contributed by atoms with Crippen LogP contribution in [0, 0.1) is 6.92 Å². The van der Waals surface area contributed by atoms with E-state index in [2.05, 4.69) is 116 Å². The molecule has 5 rings (SSSR count). The van der Waals surface area contributed by atoms with Crippen LogP contribution in [-0.4, -0.2) is 0 Å². The van der Waals surface area contributed by atoms with Crippen molar-refractivity contribution in [3.8, 4) is 22.3 Å². The summed E-state index contributed by atoms with van der Waals surface area (Å²) >= 11 is 0. The third-order valence-corrected chi connectivity index (χ3v) is 5.76. The third-order valence-electron chi connectivity index (χ3n) is 5.76. The van der Waals surface area contributed by atoms with Crippen molar-refractivity contribution < 1.29 is 0 Å². The molecular formula is C28H22. The van der Waals surface area contributed by atoms with Gasteiger partial charge in [-0.05, 0) is 51.4 Å². The van der Waals surface area contributed by atoms with Crippen molar-refractivity contribution in [2.24, 2.45) is 0 Å². The molecule has 0 aliphatic heterocycles. The lowest BCUT2D eigenvalue weighted by Crippen LogP contribution is -1.99. The number of aryl methyl sites for hydroxylation is 1. The minimum atomic E-state index is 0.347. The summed E-state index contributed by atoms with van der Waals surface area (Å²) in [4.78, 5) is 0. The Hall–Kier alpha value is -3.38. The highest BCUT2D eigenvalue weighted by atomic mass is 14.3. The molecule has 0 bridgehead atoms. The first-order valence-electron chi connectivity index (χ1n) is 9.84. The fourth-order valence-corrected chi connectivity index (χ4v) is 4.27. The maximum atomic E-state index is 2.34. The molecule has 1 atom stereocenters. The maximum absolute atomic E-state index is 2.34. The van der Waals surface area contributed by atoms with Crippen LogP contribution in [0.3, 0.4) is 0 Å². The third kappa shape index (κ3) is 2.88. The molecular weight excluding hydrogens is 336 g/mol. The quantitative estimate of drug-likeness (QED) is 0.356. The van der Waals surface area contributed by atoms with E-state index in [0.29, 0.717) is 5.92 Å². The molecule has 0 radical (unpaired) electrons. The second-order valence-electron chi connectivity index (χ2n) is 7.45. The Morgan fingerprint density at radius 2 is 1.18 bits per heavy atom. The van der Waals surface area contributed by atoms with Crippen LogP contribution in [0.15, 0.2) is 103 Å². The minimum absolute atomic E-state index is 0.347. The molecule has 0 heteroatoms. The maximum Gasteiger partial charge on any atom is 0.0281 e. The molecule has 0 N–H and O–H groups in total. The molecule has 28 heavy (non-hydrogen) atoms. The first-order chi connectivity index (χ1) is 13.8. The number of allylic oxidation sites excluding steroid dienone is 1. The molecule has 0 saturated heterocycles. The second-order valence-corrected chi connectivity index (χ2v) is 7.45. The average Bonchev–Trinajstić information content (AvgIpc) is 3.19. The van der Waals surface area contributed by atoms with Crippen LogP contribution in [-0.2, 0) is 0 Å². The lowest BCUT2D eigenvalue weighted by atomic mass is 9.88. The van der Waals surface area contributed by atoms with E-state index in [4.69, 9.17) is 0 Å². The lowest BCUT2D eigenvalue weighted by molar-refractivity contribution is 1.03. The topological polar surface area (TPSA) is 0 Å². The number of hydrogen-bond donors (Lipinski definition) is 0. The van der Waals surface area contributed by atoms with Crippen molar-refractivity contribution in [2.45, 2.75) is 12.8 Å². The molecule has 0 aromatic heterocycles. The molecule has 4 aromatic rings. The number of rotatable bonds is 3. The molecule has 0 amide bonds. The first kappa shape index (κ1) is 16.8. The number of benzene rings is 4. The van der Waals surface area contributed by atoms with Gasteiger partial charge in [0.15, 0.2) is 0 Å². The Bertz CT molecular complexity index is 1150. The fourth-order valence-electron chi connectivity index (χ4n) is 4.27. The van der Waals surface area contributed by atoms with E-state index in [1.807, 2.05) is 0 Å². The summed E-state index contributed by atoms with van der Waals surface area (Å²) in [6.45, 7) is 2.20. The Balaban J connectivity index is 1.53. The van der Waals surface area contributed by atoms with Gasteiger partial charge in [-0.1, -0.05) is 109 Å². The van der Waals surface area contributed by atoms with Gasteiger partial charge in [-0.2, -0.15) is 0 Å². The smallest absolute Gasteiger partial charge is 0.0281 e. The van der Waals surface area contributed by atoms with Gasteiger partial charge in [0.05, 0.1) is 0 Å². The molecule has 1 unspecified atom stereocenters. The van der Waals surface area contributed by atoms with Gasteiger partial charge in [0.2, 0.25) is 0 Å². The van der Waals surface area contributed by atoms with E-state index in [9.17, 15) is 0 Å². The van der Waals surface area contributed by atoms with Crippen molar-refractivity contribution in [1.82, 2.24) is 0 Å². The Labute approximate surface area is 166 Å². The molecule has 0 heterocycles. The summed E-state index contributed by atoms with van der Waals surface area (Å²) in [6.07, 6.45) is 4.64. The van der Waals surface area contributed by atoms with Gasteiger partial charge in [-0.25, -0.2) is 0 Å². The predicted molar refractivity (Wildman–Crippen MR) is 119 cm³/mol. The summed E-state index contributed by atoms with van der Waals surface area (Å²) in [5.41, 5.74) is 10.6. The molecule has 0 fully saturated rings. The first-order valence-corrected chi connectivity index (χ1v) is 9.84. The summed E-state index contributed by atoms with van der Waals surface area (Å²) in [7, 11) is 0. The van der Waals surface area contributed by atoms with Gasteiger partial charge in [-0.3, -0.25) is 0 Å². The fraction of sp³-hybridized carbons (Fsp3) is 0.0714. The van der Waals surface area contributed by atoms with Crippen molar-refractivity contribution in [2.75, 3.05) is 0 Å². The van der Waals surface area contributed by atoms with Crippen LogP contribution in [0.2, 0.25) is 0 Å². The SMILES string of the molecule is Cc1ccccc1C1C=Cc2c(-c3ccc(-c4ccccc4)cc3)cccc21. The highest BCUT2D eigenvalue weighted by molar-refractivity contribution is 5.82. The van der Waals surface area contributed by atoms with Crippen LogP contribution < -0.4 is 0 Å². The van der Waals surface area contributed by atoms with Crippen molar-refractivity contribution in [1.29, 1.82) is 0 Å². The van der Waals surface area contributed by atoms with Crippen LogP contribution in [0.4, 0.5) is 0 Å². The Kier molecular flexibility index (Phi) is 4.18. The van der Waals surface area contributed by atoms with Crippen molar-refractivity contribution >= 4 is 6.08 Å². The second kappa shape index (κ2) is 6.98. The zero-order valence-corrected chi connectivity index (χ0v) is 16.0. The molecule has 0 spiro atoms. The summed E-state index contributed by atoms with van der Waals surface area (Å²) < 4.78 is 0. The zero-order valence-electron chi connectivity index (χ0n) is 16.0. The van der Waals surface area contributed by atoms with E-state index >= 15 is 0 Å². The van der Waals surface area contributed by atoms with Gasteiger partial charge in [0.1, 0.15) is 0 Å². The van der Waals surface area contributed by atoms with Gasteiger partial charge in [0, 0.05) is 5.92 Å². The summed E-state index contributed by atoms with van der Waals surface area (Å²) in [5, 5.41) is 0. The van der Waals surface area contributed by atoms with E-state index in [1.165, 1.54) is 44.5 Å². The number of hydrogen-bond acceptors (Lipinski definition) is 0. The van der Waals surface area contributed by atoms with Crippen LogP contribution in [0.5, 0.6) is 0 Å². The average molecular weight is 358 g/mol. The van der Waals surface area contributed by atoms with Crippen molar-refractivity contribution in [3.05, 3.63) is 125 Å². The van der Waals surface area contributed by atoms with E-state index < -0.39 is 0 Å². The van der Waals surface area contributed by atoms with Gasteiger partial charge in [0.25, 0.3) is 0 Å². The van der Waals surface area contributed by atoms with E-state index in [1.54, 1.807) is 0 Å². The van der Waals surface area contributed by atoms with Gasteiger partial charge < -0.3 is 0 Å². The standard InChI is InChI=1S/C28H22/c1-20-8-5-6-11-24(20)27-18-19-28-25(12-7-13-26(27)28)23-16-14-22(15-17-23)21-9-3-2-4-10-21/h2-19,27H,1H3. The lowest BCUT2D eigenvalue weighted by Gasteiger charge is -2.16. The minimum Gasteiger partial charge on any atom is -0.0720 e. The summed E-state index contributed by atoms with van der Waals surface area (Å²) in [5.74, 6) is 0.347. The van der Waals surface area contributed by atoms with Gasteiger partial charge >= 0.3 is 0 Å². The highest BCUT2D eigenvalue weighted by Crippen LogP contribution is 2.41. The van der Waals surface area contributed by atoms with Gasteiger partial charge in [-0.15, -0.1) is 0 Å². The van der Waals surface area contributed by atoms with E-state index in [0.717, 1.165) is 0 Å². The monoisotopic (exact) mass is 358 g/mol. The Morgan fingerprint density at radius 1 is 0.536 bits per heavy atom. The normalized spacial score (nSPS) is 14.8. The molecule has 134 valence electrons. The Morgan fingerprint density at radius 3 is 1.96 bits per heavy atom. The summed E-state index contributed by atoms with van der Waals surface area (Å²) in [6, 6.07) is 34.9. The molecule has 0 nitrogen and oxygen atoms in total. The largest absolute Gasteiger partial charge is 0.0720 e. The molecule has 0 saturated carbocycles. The highest BCUT2D eigenvalue weighted by Gasteiger charge is 2.22. The van der Waals surface area contributed by atoms with E-state index in [-0.39, 0.29) is 0 Å².